The Morgan fingerprint density at radius 1 is 1.17 bits per heavy atom. The second-order valence-corrected chi connectivity index (χ2v) is 4.02. The van der Waals surface area contributed by atoms with E-state index >= 15 is 0 Å². The maximum Gasteiger partial charge on any atom is 0.342 e. The molecule has 0 N–H and O–H groups in total. The van der Waals surface area contributed by atoms with Crippen LogP contribution in [0.15, 0.2) is 10.5 Å². The summed E-state index contributed by atoms with van der Waals surface area (Å²) in [6.07, 6.45) is 0. The Balaban J connectivity index is 3.42. The third kappa shape index (κ3) is 2.69. The summed E-state index contributed by atoms with van der Waals surface area (Å²) < 4.78 is 21.0. The van der Waals surface area contributed by atoms with Gasteiger partial charge in [-0.2, -0.15) is 0 Å². The molecule has 0 saturated carbocycles. The first-order chi connectivity index (χ1) is 8.60. The van der Waals surface area contributed by atoms with E-state index in [9.17, 15) is 4.79 Å². The highest BCUT2D eigenvalue weighted by Gasteiger charge is 2.23. The van der Waals surface area contributed by atoms with Crippen LogP contribution < -0.4 is 14.2 Å². The van der Waals surface area contributed by atoms with Crippen molar-refractivity contribution in [1.82, 2.24) is 0 Å². The number of rotatable bonds is 5. The van der Waals surface area contributed by atoms with Crippen LogP contribution in [0.3, 0.4) is 0 Å². The van der Waals surface area contributed by atoms with Crippen molar-refractivity contribution in [2.75, 3.05) is 27.9 Å². The number of halogens is 1. The Bertz CT molecular complexity index is 445. The third-order valence-corrected chi connectivity index (χ3v) is 2.99. The molecule has 1 aromatic rings. The summed E-state index contributed by atoms with van der Waals surface area (Å²) in [5.41, 5.74) is 0.281. The van der Waals surface area contributed by atoms with Gasteiger partial charge in [-0.3, -0.25) is 0 Å². The van der Waals surface area contributed by atoms with Crippen LogP contribution in [0.25, 0.3) is 0 Å². The Labute approximate surface area is 114 Å². The van der Waals surface area contributed by atoms with Crippen molar-refractivity contribution in [3.8, 4) is 17.2 Å². The van der Waals surface area contributed by atoms with Crippen LogP contribution in [0.2, 0.25) is 0 Å². The van der Waals surface area contributed by atoms with E-state index in [0.29, 0.717) is 21.7 Å². The predicted molar refractivity (Wildman–Crippen MR) is 69.8 cm³/mol. The van der Waals surface area contributed by atoms with Gasteiger partial charge in [-0.1, -0.05) is 0 Å². The lowest BCUT2D eigenvalue weighted by molar-refractivity contribution is 0.0522. The van der Waals surface area contributed by atoms with Gasteiger partial charge in [-0.15, -0.1) is 0 Å². The molecular formula is C12H15BrO5. The first-order valence-corrected chi connectivity index (χ1v) is 6.05. The van der Waals surface area contributed by atoms with Gasteiger partial charge in [0.1, 0.15) is 10.0 Å². The van der Waals surface area contributed by atoms with Crippen molar-refractivity contribution in [2.45, 2.75) is 6.92 Å². The lowest BCUT2D eigenvalue weighted by Crippen LogP contribution is -2.08. The van der Waals surface area contributed by atoms with E-state index in [2.05, 4.69) is 15.9 Å². The molecule has 6 heteroatoms. The summed E-state index contributed by atoms with van der Waals surface area (Å²) in [4.78, 5) is 11.8. The topological polar surface area (TPSA) is 54.0 Å². The minimum Gasteiger partial charge on any atom is -0.495 e. The Morgan fingerprint density at radius 2 is 1.78 bits per heavy atom. The molecule has 1 aromatic carbocycles. The summed E-state index contributed by atoms with van der Waals surface area (Å²) in [5, 5.41) is 0. The molecule has 0 saturated heterocycles. The Hall–Kier alpha value is -1.43. The van der Waals surface area contributed by atoms with Crippen LogP contribution in [0.5, 0.6) is 17.2 Å². The fourth-order valence-corrected chi connectivity index (χ4v) is 2.23. The van der Waals surface area contributed by atoms with Crippen LogP contribution >= 0.6 is 15.9 Å². The average Bonchev–Trinajstić information content (AvgIpc) is 2.37. The van der Waals surface area contributed by atoms with E-state index in [1.54, 1.807) is 6.92 Å². The molecule has 5 nitrogen and oxygen atoms in total. The van der Waals surface area contributed by atoms with E-state index in [-0.39, 0.29) is 12.2 Å². The molecule has 0 aromatic heterocycles. The van der Waals surface area contributed by atoms with Crippen LogP contribution in [-0.4, -0.2) is 33.9 Å². The van der Waals surface area contributed by atoms with Gasteiger partial charge in [0.05, 0.1) is 27.9 Å². The van der Waals surface area contributed by atoms with Crippen molar-refractivity contribution in [2.24, 2.45) is 0 Å². The lowest BCUT2D eigenvalue weighted by Gasteiger charge is -2.15. The maximum absolute atomic E-state index is 11.8. The predicted octanol–water partition coefficient (Wildman–Crippen LogP) is 2.65. The number of methoxy groups -OCH3 is 3. The van der Waals surface area contributed by atoms with E-state index in [1.807, 2.05) is 0 Å². The molecule has 0 aliphatic carbocycles. The molecule has 0 spiro atoms. The highest BCUT2D eigenvalue weighted by atomic mass is 79.9. The van der Waals surface area contributed by atoms with Crippen molar-refractivity contribution in [3.63, 3.8) is 0 Å². The zero-order valence-corrected chi connectivity index (χ0v) is 12.3. The summed E-state index contributed by atoms with van der Waals surface area (Å²) >= 11 is 3.33. The second kappa shape index (κ2) is 6.49. The lowest BCUT2D eigenvalue weighted by atomic mass is 10.1. The first kappa shape index (κ1) is 14.6. The number of hydrogen-bond donors (Lipinski definition) is 0. The van der Waals surface area contributed by atoms with Gasteiger partial charge in [0.2, 0.25) is 0 Å². The molecule has 0 bridgehead atoms. The Kier molecular flexibility index (Phi) is 5.27. The molecule has 0 fully saturated rings. The third-order valence-electron chi connectivity index (χ3n) is 2.27. The van der Waals surface area contributed by atoms with Crippen LogP contribution in [0.1, 0.15) is 17.3 Å². The molecule has 0 amide bonds. The highest BCUT2D eigenvalue weighted by molar-refractivity contribution is 9.10. The van der Waals surface area contributed by atoms with Crippen molar-refractivity contribution in [3.05, 3.63) is 16.1 Å². The molecule has 0 unspecified atom stereocenters. The van der Waals surface area contributed by atoms with Crippen LogP contribution in [0.4, 0.5) is 0 Å². The SMILES string of the molecule is CCOC(=O)c1cc(OC)c(OC)c(Br)c1OC. The van der Waals surface area contributed by atoms with Gasteiger partial charge in [0.25, 0.3) is 0 Å². The van der Waals surface area contributed by atoms with Gasteiger partial charge in [-0.05, 0) is 22.9 Å². The minimum absolute atomic E-state index is 0.281. The first-order valence-electron chi connectivity index (χ1n) is 5.26. The zero-order valence-electron chi connectivity index (χ0n) is 10.7. The number of esters is 1. The fraction of sp³-hybridized carbons (Fsp3) is 0.417. The number of carbonyl (C=O) groups is 1. The monoisotopic (exact) mass is 318 g/mol. The van der Waals surface area contributed by atoms with Crippen molar-refractivity contribution in [1.29, 1.82) is 0 Å². The van der Waals surface area contributed by atoms with Crippen molar-refractivity contribution < 1.29 is 23.7 Å². The van der Waals surface area contributed by atoms with E-state index in [1.165, 1.54) is 27.4 Å². The molecule has 0 atom stereocenters. The number of carbonyl (C=O) groups excluding carboxylic acids is 1. The Morgan fingerprint density at radius 3 is 2.22 bits per heavy atom. The molecule has 0 radical (unpaired) electrons. The molecular weight excluding hydrogens is 304 g/mol. The molecule has 0 aliphatic heterocycles. The second-order valence-electron chi connectivity index (χ2n) is 3.23. The van der Waals surface area contributed by atoms with Gasteiger partial charge < -0.3 is 18.9 Å². The number of ether oxygens (including phenoxy) is 4. The molecule has 100 valence electrons. The van der Waals surface area contributed by atoms with Gasteiger partial charge in [0, 0.05) is 6.07 Å². The summed E-state index contributed by atoms with van der Waals surface area (Å²) in [6.45, 7) is 2.02. The van der Waals surface area contributed by atoms with E-state index in [4.69, 9.17) is 18.9 Å². The minimum atomic E-state index is -0.476. The molecule has 0 aliphatic rings. The molecule has 0 heterocycles. The highest BCUT2D eigenvalue weighted by Crippen LogP contribution is 2.44. The number of hydrogen-bond acceptors (Lipinski definition) is 5. The normalized spacial score (nSPS) is 9.83. The van der Waals surface area contributed by atoms with E-state index < -0.39 is 5.97 Å². The van der Waals surface area contributed by atoms with Crippen molar-refractivity contribution >= 4 is 21.9 Å². The number of benzene rings is 1. The summed E-state index contributed by atoms with van der Waals surface area (Å²) in [6, 6.07) is 1.53. The largest absolute Gasteiger partial charge is 0.495 e. The summed E-state index contributed by atoms with van der Waals surface area (Å²) in [7, 11) is 4.46. The fourth-order valence-electron chi connectivity index (χ4n) is 1.49. The average molecular weight is 319 g/mol. The zero-order chi connectivity index (χ0) is 13.7. The quantitative estimate of drug-likeness (QED) is 0.781. The maximum atomic E-state index is 11.8. The molecule has 1 rings (SSSR count). The molecule has 18 heavy (non-hydrogen) atoms. The van der Waals surface area contributed by atoms with Gasteiger partial charge in [-0.25, -0.2) is 4.79 Å². The van der Waals surface area contributed by atoms with Gasteiger partial charge >= 0.3 is 5.97 Å². The summed E-state index contributed by atoms with van der Waals surface area (Å²) in [5.74, 6) is 0.762. The smallest absolute Gasteiger partial charge is 0.342 e. The van der Waals surface area contributed by atoms with E-state index in [0.717, 1.165) is 0 Å². The standard InChI is InChI=1S/C12H15BrO5/c1-5-18-12(14)7-6-8(15-2)11(17-4)9(13)10(7)16-3/h6H,5H2,1-4H3. The van der Waals surface area contributed by atoms with Gasteiger partial charge in [0.15, 0.2) is 17.2 Å². The van der Waals surface area contributed by atoms with Crippen LogP contribution in [0, 0.1) is 0 Å². The van der Waals surface area contributed by atoms with Crippen LogP contribution in [-0.2, 0) is 4.74 Å².